The van der Waals surface area contributed by atoms with Gasteiger partial charge in [-0.15, -0.1) is 0 Å². The van der Waals surface area contributed by atoms with Crippen LogP contribution in [0.5, 0.6) is 0 Å². The van der Waals surface area contributed by atoms with Crippen LogP contribution < -0.4 is 0 Å². The van der Waals surface area contributed by atoms with Crippen molar-refractivity contribution in [3.63, 3.8) is 0 Å². The number of benzene rings is 2. The Morgan fingerprint density at radius 2 is 1.06 bits per heavy atom. The molecule has 0 unspecified atom stereocenters. The van der Waals surface area contributed by atoms with Crippen LogP contribution in [0.3, 0.4) is 0 Å². The van der Waals surface area contributed by atoms with Gasteiger partial charge in [0.2, 0.25) is 0 Å². The van der Waals surface area contributed by atoms with Crippen LogP contribution in [0.25, 0.3) is 22.6 Å². The molecular weight excluding hydrogens is 392 g/mol. The van der Waals surface area contributed by atoms with E-state index in [-0.39, 0.29) is 24.3 Å². The van der Waals surface area contributed by atoms with Gasteiger partial charge in [0.05, 0.1) is 13.2 Å². The van der Waals surface area contributed by atoms with E-state index >= 15 is 0 Å². The summed E-state index contributed by atoms with van der Waals surface area (Å²) < 4.78 is 17.2. The largest absolute Gasteiger partial charge is 0.462 e. The van der Waals surface area contributed by atoms with Crippen molar-refractivity contribution in [3.8, 4) is 22.6 Å². The van der Waals surface area contributed by atoms with Gasteiger partial charge in [-0.2, -0.15) is 0 Å². The topological polar surface area (TPSA) is 65.7 Å². The van der Waals surface area contributed by atoms with E-state index in [1.54, 1.807) is 0 Å². The molecule has 0 saturated carbocycles. The minimum Gasteiger partial charge on any atom is -0.462 e. The molecule has 0 atom stereocenters. The number of hydrogen-bond acceptors (Lipinski definition) is 5. The van der Waals surface area contributed by atoms with E-state index in [0.717, 1.165) is 25.7 Å². The minimum absolute atomic E-state index is 0.114. The highest BCUT2D eigenvalue weighted by Gasteiger charge is 2.33. The number of ether oxygens (including phenoxy) is 2. The normalized spacial score (nSPS) is 10.6. The highest BCUT2D eigenvalue weighted by atomic mass is 16.5. The molecule has 0 spiro atoms. The van der Waals surface area contributed by atoms with Crippen LogP contribution in [-0.2, 0) is 9.47 Å². The number of hydrogen-bond donors (Lipinski definition) is 0. The molecule has 2 aromatic carbocycles. The molecule has 3 aromatic rings. The van der Waals surface area contributed by atoms with Crippen molar-refractivity contribution in [2.24, 2.45) is 0 Å². The highest BCUT2D eigenvalue weighted by molar-refractivity contribution is 6.10. The van der Waals surface area contributed by atoms with Crippen LogP contribution >= 0.6 is 0 Å². The van der Waals surface area contributed by atoms with Gasteiger partial charge >= 0.3 is 11.9 Å². The summed E-state index contributed by atoms with van der Waals surface area (Å²) in [5, 5.41) is 0. The molecule has 1 aromatic heterocycles. The van der Waals surface area contributed by atoms with E-state index in [9.17, 15) is 9.59 Å². The Morgan fingerprint density at radius 1 is 0.677 bits per heavy atom. The maximum Gasteiger partial charge on any atom is 0.343 e. The average Bonchev–Trinajstić information content (AvgIpc) is 3.21. The van der Waals surface area contributed by atoms with Crippen molar-refractivity contribution in [1.82, 2.24) is 0 Å². The van der Waals surface area contributed by atoms with Gasteiger partial charge in [-0.25, -0.2) is 9.59 Å². The lowest BCUT2D eigenvalue weighted by Crippen LogP contribution is -2.15. The van der Waals surface area contributed by atoms with E-state index in [4.69, 9.17) is 13.9 Å². The molecule has 1 heterocycles. The third-order valence-corrected chi connectivity index (χ3v) is 4.85. The van der Waals surface area contributed by atoms with Crippen LogP contribution in [0.1, 0.15) is 60.2 Å². The SMILES string of the molecule is CCCCOC(=O)c1c(-c2ccccc2)oc(-c2ccccc2)c1C(=O)OCCCC. The van der Waals surface area contributed by atoms with Gasteiger partial charge in [0, 0.05) is 11.1 Å². The van der Waals surface area contributed by atoms with Crippen molar-refractivity contribution >= 4 is 11.9 Å². The summed E-state index contributed by atoms with van der Waals surface area (Å²) in [6.45, 7) is 4.59. The number of carbonyl (C=O) groups excluding carboxylic acids is 2. The lowest BCUT2D eigenvalue weighted by molar-refractivity contribution is 0.0455. The summed E-state index contributed by atoms with van der Waals surface area (Å²) in [6.07, 6.45) is 3.27. The lowest BCUT2D eigenvalue weighted by Gasteiger charge is -2.08. The predicted octanol–water partition coefficient (Wildman–Crippen LogP) is 6.53. The first-order valence-electron chi connectivity index (χ1n) is 10.8. The number of esters is 2. The van der Waals surface area contributed by atoms with Gasteiger partial charge in [0.15, 0.2) is 0 Å². The zero-order valence-corrected chi connectivity index (χ0v) is 18.1. The van der Waals surface area contributed by atoms with Gasteiger partial charge in [0.1, 0.15) is 22.6 Å². The highest BCUT2D eigenvalue weighted by Crippen LogP contribution is 2.38. The zero-order chi connectivity index (χ0) is 22.1. The molecule has 0 radical (unpaired) electrons. The molecule has 31 heavy (non-hydrogen) atoms. The van der Waals surface area contributed by atoms with Gasteiger partial charge < -0.3 is 13.9 Å². The third-order valence-electron chi connectivity index (χ3n) is 4.85. The van der Waals surface area contributed by atoms with Crippen LogP contribution in [0, 0.1) is 0 Å². The Bertz CT molecular complexity index is 909. The second-order valence-corrected chi connectivity index (χ2v) is 7.22. The molecule has 0 saturated heterocycles. The fourth-order valence-electron chi connectivity index (χ4n) is 3.17. The Kier molecular flexibility index (Phi) is 8.05. The standard InChI is InChI=1S/C26H28O5/c1-3-5-17-29-25(27)21-22(26(28)30-18-6-4-2)24(20-15-11-8-12-16-20)31-23(21)19-13-9-7-10-14-19/h7-16H,3-6,17-18H2,1-2H3. The fourth-order valence-corrected chi connectivity index (χ4v) is 3.17. The van der Waals surface area contributed by atoms with Crippen molar-refractivity contribution < 1.29 is 23.5 Å². The molecule has 162 valence electrons. The van der Waals surface area contributed by atoms with Crippen LogP contribution in [0.15, 0.2) is 65.1 Å². The average molecular weight is 421 g/mol. The quantitative estimate of drug-likeness (QED) is 0.276. The second-order valence-electron chi connectivity index (χ2n) is 7.22. The maximum atomic E-state index is 13.1. The molecule has 0 aliphatic heterocycles. The van der Waals surface area contributed by atoms with Crippen LogP contribution in [0.4, 0.5) is 0 Å². The summed E-state index contributed by atoms with van der Waals surface area (Å²) in [7, 11) is 0. The molecule has 0 fully saturated rings. The van der Waals surface area contributed by atoms with Crippen LogP contribution in [-0.4, -0.2) is 25.2 Å². The molecule has 0 bridgehead atoms. The number of unbranched alkanes of at least 4 members (excludes halogenated alkanes) is 2. The first-order valence-corrected chi connectivity index (χ1v) is 10.8. The Labute approximate surface area is 183 Å². The fraction of sp³-hybridized carbons (Fsp3) is 0.308. The van der Waals surface area contributed by atoms with Crippen molar-refractivity contribution in [1.29, 1.82) is 0 Å². The lowest BCUT2D eigenvalue weighted by atomic mass is 10.0. The van der Waals surface area contributed by atoms with E-state index in [2.05, 4.69) is 0 Å². The molecule has 5 nitrogen and oxygen atoms in total. The Hall–Kier alpha value is -3.34. The van der Waals surface area contributed by atoms with Gasteiger partial charge in [-0.05, 0) is 12.8 Å². The summed E-state index contributed by atoms with van der Waals surface area (Å²) in [6, 6.07) is 18.5. The molecule has 3 rings (SSSR count). The minimum atomic E-state index is -0.583. The third kappa shape index (κ3) is 5.43. The van der Waals surface area contributed by atoms with Crippen LogP contribution in [0.2, 0.25) is 0 Å². The van der Waals surface area contributed by atoms with Gasteiger partial charge in [0.25, 0.3) is 0 Å². The van der Waals surface area contributed by atoms with Crippen molar-refractivity contribution in [2.45, 2.75) is 39.5 Å². The summed E-state index contributed by atoms with van der Waals surface area (Å²) in [5.74, 6) is -0.548. The van der Waals surface area contributed by atoms with E-state index in [0.29, 0.717) is 22.6 Å². The molecule has 0 aliphatic carbocycles. The van der Waals surface area contributed by atoms with Gasteiger partial charge in [-0.3, -0.25) is 0 Å². The number of carbonyl (C=O) groups is 2. The Morgan fingerprint density at radius 3 is 1.42 bits per heavy atom. The van der Waals surface area contributed by atoms with E-state index < -0.39 is 11.9 Å². The van der Waals surface area contributed by atoms with E-state index in [1.165, 1.54) is 0 Å². The summed E-state index contributed by atoms with van der Waals surface area (Å²) in [5.41, 5.74) is 1.61. The first-order chi connectivity index (χ1) is 15.2. The molecule has 0 amide bonds. The first kappa shape index (κ1) is 22.3. The monoisotopic (exact) mass is 420 g/mol. The summed E-state index contributed by atoms with van der Waals surface area (Å²) >= 11 is 0. The molecule has 0 aliphatic rings. The molecule has 0 N–H and O–H groups in total. The Balaban J connectivity index is 2.16. The zero-order valence-electron chi connectivity index (χ0n) is 18.1. The predicted molar refractivity (Wildman–Crippen MR) is 120 cm³/mol. The molecule has 5 heteroatoms. The van der Waals surface area contributed by atoms with Gasteiger partial charge in [-0.1, -0.05) is 87.4 Å². The molecular formula is C26H28O5. The maximum absolute atomic E-state index is 13.1. The number of rotatable bonds is 10. The van der Waals surface area contributed by atoms with E-state index in [1.807, 2.05) is 74.5 Å². The van der Waals surface area contributed by atoms with Crippen molar-refractivity contribution in [2.75, 3.05) is 13.2 Å². The van der Waals surface area contributed by atoms with Crippen molar-refractivity contribution in [3.05, 3.63) is 71.8 Å². The number of furan rings is 1. The summed E-state index contributed by atoms with van der Waals surface area (Å²) in [4.78, 5) is 26.2. The second kappa shape index (κ2) is 11.2. The smallest absolute Gasteiger partial charge is 0.343 e.